The fraction of sp³-hybridized carbons (Fsp3) is 0.350. The second-order valence-corrected chi connectivity index (χ2v) is 7.96. The SMILES string of the molecule is CC1CN(c2ccc(NC(=O)c3csc(-c4cnn(C)c4)n3)cc2)CC(C)O1. The molecular weight excluding hydrogens is 374 g/mol. The Bertz CT molecular complexity index is 955. The van der Waals surface area contributed by atoms with Crippen molar-refractivity contribution in [2.75, 3.05) is 23.3 Å². The van der Waals surface area contributed by atoms with Crippen LogP contribution in [0.4, 0.5) is 11.4 Å². The first-order valence-electron chi connectivity index (χ1n) is 9.24. The third kappa shape index (κ3) is 4.07. The van der Waals surface area contributed by atoms with Crippen LogP contribution in [-0.4, -0.2) is 46.0 Å². The molecule has 1 amide bonds. The third-order valence-corrected chi connectivity index (χ3v) is 5.49. The zero-order chi connectivity index (χ0) is 19.7. The lowest BCUT2D eigenvalue weighted by atomic mass is 10.2. The number of nitrogens with zero attached hydrogens (tertiary/aromatic N) is 4. The largest absolute Gasteiger partial charge is 0.372 e. The lowest BCUT2D eigenvalue weighted by molar-refractivity contribution is -0.00521. The van der Waals surface area contributed by atoms with Crippen molar-refractivity contribution in [2.24, 2.45) is 7.05 Å². The van der Waals surface area contributed by atoms with Crippen molar-refractivity contribution in [3.05, 3.63) is 47.7 Å². The number of anilines is 2. The maximum Gasteiger partial charge on any atom is 0.275 e. The van der Waals surface area contributed by atoms with Crippen LogP contribution in [0, 0.1) is 0 Å². The van der Waals surface area contributed by atoms with Gasteiger partial charge in [-0.05, 0) is 38.1 Å². The summed E-state index contributed by atoms with van der Waals surface area (Å²) >= 11 is 1.43. The number of aryl methyl sites for hydroxylation is 1. The fourth-order valence-electron chi connectivity index (χ4n) is 3.38. The second kappa shape index (κ2) is 7.73. The highest BCUT2D eigenvalue weighted by atomic mass is 32.1. The summed E-state index contributed by atoms with van der Waals surface area (Å²) < 4.78 is 7.50. The Labute approximate surface area is 168 Å². The van der Waals surface area contributed by atoms with E-state index in [9.17, 15) is 4.79 Å². The molecule has 4 rings (SSSR count). The first kappa shape index (κ1) is 18.6. The molecule has 2 atom stereocenters. The highest BCUT2D eigenvalue weighted by Gasteiger charge is 2.22. The van der Waals surface area contributed by atoms with E-state index >= 15 is 0 Å². The summed E-state index contributed by atoms with van der Waals surface area (Å²) in [5.41, 5.74) is 3.19. The monoisotopic (exact) mass is 397 g/mol. The lowest BCUT2D eigenvalue weighted by Gasteiger charge is -2.36. The second-order valence-electron chi connectivity index (χ2n) is 7.10. The van der Waals surface area contributed by atoms with Gasteiger partial charge in [-0.15, -0.1) is 11.3 Å². The molecule has 3 aromatic rings. The number of carbonyl (C=O) groups excluding carboxylic acids is 1. The van der Waals surface area contributed by atoms with E-state index in [-0.39, 0.29) is 18.1 Å². The molecule has 0 bridgehead atoms. The van der Waals surface area contributed by atoms with Gasteiger partial charge in [0.05, 0.1) is 18.4 Å². The summed E-state index contributed by atoms with van der Waals surface area (Å²) in [4.78, 5) is 19.3. The van der Waals surface area contributed by atoms with Gasteiger partial charge >= 0.3 is 0 Å². The van der Waals surface area contributed by atoms with Gasteiger partial charge in [-0.1, -0.05) is 0 Å². The summed E-state index contributed by atoms with van der Waals surface area (Å²) in [6.45, 7) is 5.91. The summed E-state index contributed by atoms with van der Waals surface area (Å²) in [5, 5.41) is 9.61. The molecule has 0 saturated carbocycles. The molecule has 1 N–H and O–H groups in total. The number of ether oxygens (including phenoxy) is 1. The highest BCUT2D eigenvalue weighted by Crippen LogP contribution is 2.25. The van der Waals surface area contributed by atoms with E-state index in [0.29, 0.717) is 5.69 Å². The van der Waals surface area contributed by atoms with E-state index in [1.165, 1.54) is 11.3 Å². The summed E-state index contributed by atoms with van der Waals surface area (Å²) in [7, 11) is 1.85. The number of hydrogen-bond acceptors (Lipinski definition) is 6. The minimum absolute atomic E-state index is 0.210. The fourth-order valence-corrected chi connectivity index (χ4v) is 4.16. The van der Waals surface area contributed by atoms with E-state index < -0.39 is 0 Å². The lowest BCUT2D eigenvalue weighted by Crippen LogP contribution is -2.45. The zero-order valence-corrected chi connectivity index (χ0v) is 16.9. The molecule has 1 aliphatic rings. The molecule has 28 heavy (non-hydrogen) atoms. The van der Waals surface area contributed by atoms with Crippen LogP contribution in [0.3, 0.4) is 0 Å². The molecule has 2 unspecified atom stereocenters. The Hall–Kier alpha value is -2.71. The standard InChI is InChI=1S/C20H23N5O2S/c1-13-9-25(10-14(2)27-13)17-6-4-16(5-7-17)22-19(26)18-12-28-20(23-18)15-8-21-24(3)11-15/h4-8,11-14H,9-10H2,1-3H3,(H,22,26). The predicted octanol–water partition coefficient (Wildman–Crippen LogP) is 3.41. The number of hydrogen-bond donors (Lipinski definition) is 1. The van der Waals surface area contributed by atoms with Crippen LogP contribution in [-0.2, 0) is 11.8 Å². The van der Waals surface area contributed by atoms with E-state index in [0.717, 1.165) is 35.0 Å². The molecule has 0 radical (unpaired) electrons. The molecule has 7 nitrogen and oxygen atoms in total. The Morgan fingerprint density at radius 1 is 1.21 bits per heavy atom. The number of amides is 1. The summed E-state index contributed by atoms with van der Waals surface area (Å²) in [6, 6.07) is 7.91. The molecular formula is C20H23N5O2S. The predicted molar refractivity (Wildman–Crippen MR) is 111 cm³/mol. The Morgan fingerprint density at radius 3 is 2.57 bits per heavy atom. The number of morpholine rings is 1. The normalized spacial score (nSPS) is 19.6. The van der Waals surface area contributed by atoms with Crippen LogP contribution in [0.15, 0.2) is 42.0 Å². The first-order valence-corrected chi connectivity index (χ1v) is 10.1. The molecule has 1 aliphatic heterocycles. The van der Waals surface area contributed by atoms with Crippen LogP contribution in [0.1, 0.15) is 24.3 Å². The summed E-state index contributed by atoms with van der Waals surface area (Å²) in [6.07, 6.45) is 4.04. The zero-order valence-electron chi connectivity index (χ0n) is 16.1. The van der Waals surface area contributed by atoms with Crippen molar-refractivity contribution >= 4 is 28.6 Å². The van der Waals surface area contributed by atoms with Gasteiger partial charge in [-0.25, -0.2) is 4.98 Å². The Balaban J connectivity index is 1.42. The molecule has 1 aromatic carbocycles. The number of carbonyl (C=O) groups is 1. The van der Waals surface area contributed by atoms with Crippen molar-refractivity contribution < 1.29 is 9.53 Å². The highest BCUT2D eigenvalue weighted by molar-refractivity contribution is 7.13. The van der Waals surface area contributed by atoms with Crippen LogP contribution in [0.5, 0.6) is 0 Å². The van der Waals surface area contributed by atoms with Gasteiger partial charge in [0.15, 0.2) is 0 Å². The molecule has 146 valence electrons. The first-order chi connectivity index (χ1) is 13.5. The molecule has 2 aromatic heterocycles. The number of aromatic nitrogens is 3. The van der Waals surface area contributed by atoms with Crippen molar-refractivity contribution in [3.63, 3.8) is 0 Å². The van der Waals surface area contributed by atoms with Crippen molar-refractivity contribution in [3.8, 4) is 10.6 Å². The van der Waals surface area contributed by atoms with Crippen LogP contribution in [0.25, 0.3) is 10.6 Å². The van der Waals surface area contributed by atoms with Gasteiger partial charge in [0.2, 0.25) is 0 Å². The van der Waals surface area contributed by atoms with Gasteiger partial charge in [-0.2, -0.15) is 5.10 Å². The summed E-state index contributed by atoms with van der Waals surface area (Å²) in [5.74, 6) is -0.215. The van der Waals surface area contributed by atoms with Gasteiger partial charge in [0.1, 0.15) is 10.7 Å². The van der Waals surface area contributed by atoms with Gasteiger partial charge < -0.3 is 15.0 Å². The number of rotatable bonds is 4. The van der Waals surface area contributed by atoms with Crippen molar-refractivity contribution in [1.82, 2.24) is 14.8 Å². The van der Waals surface area contributed by atoms with Crippen LogP contribution < -0.4 is 10.2 Å². The average molecular weight is 398 g/mol. The quantitative estimate of drug-likeness (QED) is 0.730. The Kier molecular flexibility index (Phi) is 5.15. The van der Waals surface area contributed by atoms with Gasteiger partial charge in [0.25, 0.3) is 5.91 Å². The van der Waals surface area contributed by atoms with Crippen molar-refractivity contribution in [2.45, 2.75) is 26.1 Å². The van der Waals surface area contributed by atoms with E-state index in [4.69, 9.17) is 4.74 Å². The molecule has 3 heterocycles. The van der Waals surface area contributed by atoms with Gasteiger partial charge in [0, 0.05) is 48.7 Å². The number of thiazole rings is 1. The van der Waals surface area contributed by atoms with E-state index in [2.05, 4.69) is 34.1 Å². The van der Waals surface area contributed by atoms with E-state index in [1.807, 2.05) is 37.5 Å². The minimum atomic E-state index is -0.215. The van der Waals surface area contributed by atoms with E-state index in [1.54, 1.807) is 16.3 Å². The molecule has 8 heteroatoms. The number of nitrogens with one attached hydrogen (secondary N) is 1. The average Bonchev–Trinajstić information content (AvgIpc) is 3.30. The smallest absolute Gasteiger partial charge is 0.275 e. The minimum Gasteiger partial charge on any atom is -0.372 e. The van der Waals surface area contributed by atoms with Crippen LogP contribution in [0.2, 0.25) is 0 Å². The molecule has 0 spiro atoms. The Morgan fingerprint density at radius 2 is 1.93 bits per heavy atom. The van der Waals surface area contributed by atoms with Crippen LogP contribution >= 0.6 is 11.3 Å². The molecule has 1 fully saturated rings. The molecule has 1 saturated heterocycles. The third-order valence-electron chi connectivity index (χ3n) is 4.60. The number of benzene rings is 1. The molecule has 0 aliphatic carbocycles. The van der Waals surface area contributed by atoms with Gasteiger partial charge in [-0.3, -0.25) is 9.48 Å². The maximum atomic E-state index is 12.5. The van der Waals surface area contributed by atoms with Crippen molar-refractivity contribution in [1.29, 1.82) is 0 Å². The maximum absolute atomic E-state index is 12.5. The topological polar surface area (TPSA) is 72.3 Å².